The van der Waals surface area contributed by atoms with Crippen LogP contribution >= 0.6 is 0 Å². The fourth-order valence-corrected chi connectivity index (χ4v) is 14.7. The van der Waals surface area contributed by atoms with Gasteiger partial charge in [-0.3, -0.25) is 9.97 Å². The van der Waals surface area contributed by atoms with Gasteiger partial charge in [0.2, 0.25) is 0 Å². The van der Waals surface area contributed by atoms with Gasteiger partial charge in [-0.2, -0.15) is 12.1 Å². The number of hydrogen-bond donors (Lipinski definition) is 0. The SMILES string of the molecule is CCCn1c2ccccc2c2ccnc(-n3c4[c-]c(-n5c6[c-]c(-c7nccn7C)ccc6c6ccccc65)ccc4c4ccccc43)c21.Cn1ccnc1-c1[c-]c2c(cc1)c1ccccc1n2-c1[c-]c2c(cc1)c1ccccc1n2-c1nccc2c1oc1ccccc12.[Pt+2].[Pt+2]. The average molecular weight is 1590 g/mol. The van der Waals surface area contributed by atoms with Gasteiger partial charge in [-0.25, -0.2) is 9.97 Å². The molecule has 458 valence electrons. The van der Waals surface area contributed by atoms with E-state index in [1.54, 1.807) is 0 Å². The first-order chi connectivity index (χ1) is 46.0. The molecule has 14 heteroatoms. The second kappa shape index (κ2) is 22.7. The van der Waals surface area contributed by atoms with E-state index in [4.69, 9.17) is 14.4 Å². The minimum Gasteiger partial charge on any atom is -0.452 e. The van der Waals surface area contributed by atoms with E-state index >= 15 is 0 Å². The van der Waals surface area contributed by atoms with Crippen molar-refractivity contribution in [3.8, 4) is 45.8 Å². The number of para-hydroxylation sites is 6. The molecule has 95 heavy (non-hydrogen) atoms. The van der Waals surface area contributed by atoms with Crippen molar-refractivity contribution < 1.29 is 46.5 Å². The second-order valence-electron chi connectivity index (χ2n) is 23.9. The van der Waals surface area contributed by atoms with Gasteiger partial charge in [0.1, 0.15) is 5.58 Å². The van der Waals surface area contributed by atoms with Crippen molar-refractivity contribution in [3.63, 3.8) is 0 Å². The minimum atomic E-state index is 0. The third-order valence-corrected chi connectivity index (χ3v) is 18.7. The molecule has 12 nitrogen and oxygen atoms in total. The van der Waals surface area contributed by atoms with Crippen LogP contribution in [0, 0.1) is 24.3 Å². The van der Waals surface area contributed by atoms with E-state index in [-0.39, 0.29) is 42.1 Å². The Morgan fingerprint density at radius 2 is 0.747 bits per heavy atom. The van der Waals surface area contributed by atoms with E-state index in [0.717, 1.165) is 163 Å². The number of nitrogens with zero attached hydrogens (tertiary/aromatic N) is 11. The molecule has 0 saturated carbocycles. The molecule has 0 aliphatic heterocycles. The smallest absolute Gasteiger partial charge is 0.452 e. The van der Waals surface area contributed by atoms with Gasteiger partial charge in [-0.15, -0.1) is 82.6 Å². The van der Waals surface area contributed by atoms with Gasteiger partial charge in [0.15, 0.2) is 17.2 Å². The number of aromatic nitrogens is 11. The average Bonchev–Trinajstić information content (AvgIpc) is 1.59. The van der Waals surface area contributed by atoms with Crippen molar-refractivity contribution in [2.75, 3.05) is 0 Å². The molecule has 0 atom stereocenters. The maximum atomic E-state index is 6.47. The van der Waals surface area contributed by atoms with Crippen LogP contribution in [0.1, 0.15) is 13.3 Å². The fraction of sp³-hybridized carbons (Fsp3) is 0.0617. The fourth-order valence-electron chi connectivity index (χ4n) is 14.7. The van der Waals surface area contributed by atoms with Crippen LogP contribution in [0.3, 0.4) is 0 Å². The van der Waals surface area contributed by atoms with Crippen LogP contribution in [-0.4, -0.2) is 51.9 Å². The molecule has 10 aromatic carbocycles. The Morgan fingerprint density at radius 3 is 1.23 bits per heavy atom. The summed E-state index contributed by atoms with van der Waals surface area (Å²) in [6.45, 7) is 3.14. The molecule has 10 heterocycles. The van der Waals surface area contributed by atoms with Crippen molar-refractivity contribution in [2.45, 2.75) is 19.9 Å². The number of pyridine rings is 2. The third kappa shape index (κ3) is 8.74. The van der Waals surface area contributed by atoms with Crippen molar-refractivity contribution in [1.82, 2.24) is 51.9 Å². The summed E-state index contributed by atoms with van der Waals surface area (Å²) in [5.74, 6) is 3.42. The summed E-state index contributed by atoms with van der Waals surface area (Å²) >= 11 is 0. The molecule has 0 aliphatic carbocycles. The molecular weight excluding hydrogens is 1530 g/mol. The molecule has 0 bridgehead atoms. The van der Waals surface area contributed by atoms with Crippen molar-refractivity contribution in [2.24, 2.45) is 14.1 Å². The van der Waals surface area contributed by atoms with E-state index in [0.29, 0.717) is 0 Å². The monoisotopic (exact) mass is 1590 g/mol. The number of benzene rings is 10. The van der Waals surface area contributed by atoms with Crippen LogP contribution in [0.25, 0.3) is 177 Å². The Balaban J connectivity index is 0.000000141. The van der Waals surface area contributed by atoms with Crippen LogP contribution in [0.5, 0.6) is 0 Å². The first kappa shape index (κ1) is 58.0. The molecule has 20 rings (SSSR count). The second-order valence-corrected chi connectivity index (χ2v) is 23.9. The number of imidazole rings is 2. The Morgan fingerprint density at radius 1 is 0.347 bits per heavy atom. The molecule has 0 unspecified atom stereocenters. The summed E-state index contributed by atoms with van der Waals surface area (Å²) in [5.41, 5.74) is 16.0. The third-order valence-electron chi connectivity index (χ3n) is 18.7. The Kier molecular flexibility index (Phi) is 13.8. The van der Waals surface area contributed by atoms with E-state index in [1.165, 1.54) is 27.1 Å². The van der Waals surface area contributed by atoms with Gasteiger partial charge < -0.3 is 36.4 Å². The van der Waals surface area contributed by atoms with Crippen LogP contribution < -0.4 is 0 Å². The van der Waals surface area contributed by atoms with E-state index in [9.17, 15) is 0 Å². The topological polar surface area (TPSA) is 99.2 Å². The first-order valence-corrected chi connectivity index (χ1v) is 31.4. The minimum absolute atomic E-state index is 0. The van der Waals surface area contributed by atoms with Crippen molar-refractivity contribution in [3.05, 3.63) is 268 Å². The predicted octanol–water partition coefficient (Wildman–Crippen LogP) is 19.0. The van der Waals surface area contributed by atoms with Gasteiger partial charge in [0.05, 0.1) is 17.2 Å². The summed E-state index contributed by atoms with van der Waals surface area (Å²) in [6.07, 6.45) is 12.4. The molecule has 0 spiro atoms. The number of hydrogen-bond acceptors (Lipinski definition) is 5. The molecule has 0 saturated heterocycles. The van der Waals surface area contributed by atoms with Crippen LogP contribution in [0.4, 0.5) is 0 Å². The molecule has 0 amide bonds. The zero-order valence-electron chi connectivity index (χ0n) is 51.5. The molecule has 10 aromatic heterocycles. The first-order valence-electron chi connectivity index (χ1n) is 31.4. The van der Waals surface area contributed by atoms with Gasteiger partial charge in [-0.05, 0) is 87.5 Å². The molecule has 0 aliphatic rings. The quantitative estimate of drug-likeness (QED) is 0.141. The van der Waals surface area contributed by atoms with Gasteiger partial charge in [0, 0.05) is 107 Å². The van der Waals surface area contributed by atoms with Gasteiger partial charge >= 0.3 is 42.1 Å². The van der Waals surface area contributed by atoms with Crippen LogP contribution in [0.15, 0.2) is 248 Å². The van der Waals surface area contributed by atoms with Gasteiger partial charge in [0.25, 0.3) is 0 Å². The number of fused-ring (bicyclic) bond motifs is 18. The Bertz CT molecular complexity index is 6460. The molecule has 0 fully saturated rings. The number of furan rings is 1. The van der Waals surface area contributed by atoms with E-state index < -0.39 is 0 Å². The molecule has 0 N–H and O–H groups in total. The summed E-state index contributed by atoms with van der Waals surface area (Å²) < 4.78 is 22.0. The zero-order valence-corrected chi connectivity index (χ0v) is 56.0. The normalized spacial score (nSPS) is 11.9. The van der Waals surface area contributed by atoms with E-state index in [2.05, 4.69) is 246 Å². The molecular formula is C81H53N11OPt2. The summed E-state index contributed by atoms with van der Waals surface area (Å²) in [6, 6.07) is 87.8. The number of aryl methyl sites for hydroxylation is 3. The number of rotatable bonds is 8. The van der Waals surface area contributed by atoms with Crippen molar-refractivity contribution >= 4 is 131 Å². The molecule has 20 aromatic rings. The Labute approximate surface area is 572 Å². The standard InChI is InChI=1S/C42H30N6.C39H23N5O.2Pt/c1-3-23-46-35-13-7-4-12-31(35)34-20-21-43-42(40(34)46)48-37-15-9-6-11-30(37)33-19-17-28(26-39(33)48)47-36-14-8-5-10-29(36)32-18-16-27(25-38(32)47)41-44-22-24-45(41)2;1-42-21-20-41-38(42)24-14-16-28-26-8-2-5-11-32(26)43(34(28)22-24)25-15-17-29-27-9-3-6-12-33(27)44(35(29)23-25)39-37-31(18-19-40-39)30-10-4-7-13-36(30)45-37;;/h4-22,24H,3,23H2,1-2H3;2-21H,1H3;;/q2*-2;2*+2. The summed E-state index contributed by atoms with van der Waals surface area (Å²) in [4.78, 5) is 19.3. The maximum absolute atomic E-state index is 6.47. The Hall–Kier alpha value is -10.9. The van der Waals surface area contributed by atoms with Gasteiger partial charge in [-0.1, -0.05) is 149 Å². The zero-order chi connectivity index (χ0) is 61.6. The predicted molar refractivity (Wildman–Crippen MR) is 376 cm³/mol. The maximum Gasteiger partial charge on any atom is 2.00 e. The summed E-state index contributed by atoms with van der Waals surface area (Å²) in [5, 5.41) is 13.8. The van der Waals surface area contributed by atoms with Crippen LogP contribution in [-0.2, 0) is 62.8 Å². The largest absolute Gasteiger partial charge is 2.00 e. The molecule has 0 radical (unpaired) electrons. The van der Waals surface area contributed by atoms with Crippen LogP contribution in [0.2, 0.25) is 0 Å². The summed E-state index contributed by atoms with van der Waals surface area (Å²) in [7, 11) is 4.03. The van der Waals surface area contributed by atoms with Crippen molar-refractivity contribution in [1.29, 1.82) is 0 Å². The van der Waals surface area contributed by atoms with E-state index in [1.807, 2.05) is 84.7 Å².